The Morgan fingerprint density at radius 1 is 1.25 bits per heavy atom. The fourth-order valence-electron chi connectivity index (χ4n) is 2.67. The monoisotopic (exact) mass is 293 g/mol. The Bertz CT molecular complexity index is 549. The quantitative estimate of drug-likeness (QED) is 0.701. The average Bonchev–Trinajstić information content (AvgIpc) is 2.86. The summed E-state index contributed by atoms with van der Waals surface area (Å²) < 4.78 is 14.3. The third-order valence-corrected chi connectivity index (χ3v) is 5.24. The molecular formula is C17H24FNS. The molecule has 0 bridgehead atoms. The average molecular weight is 293 g/mol. The highest BCUT2D eigenvalue weighted by atomic mass is 32.1. The molecule has 0 radical (unpaired) electrons. The summed E-state index contributed by atoms with van der Waals surface area (Å²) in [6, 6.07) is 7.10. The molecule has 1 nitrogen and oxygen atoms in total. The van der Waals surface area contributed by atoms with E-state index < -0.39 is 0 Å². The molecule has 2 atom stereocenters. The van der Waals surface area contributed by atoms with Crippen molar-refractivity contribution in [2.75, 3.05) is 0 Å². The number of rotatable bonds is 7. The standard InChI is InChI=1S/C17H24FNS/c1-3-5-6-12(4-2)9-15(19)17-11-13-10-14(18)7-8-16(13)20-17/h7-8,10-12,15H,3-6,9,19H2,1-2H3. The topological polar surface area (TPSA) is 26.0 Å². The van der Waals surface area contributed by atoms with Crippen LogP contribution >= 0.6 is 11.3 Å². The van der Waals surface area contributed by atoms with E-state index in [0.717, 1.165) is 16.5 Å². The molecule has 1 aromatic heterocycles. The molecule has 2 N–H and O–H groups in total. The lowest BCUT2D eigenvalue weighted by Crippen LogP contribution is -2.14. The van der Waals surface area contributed by atoms with Crippen molar-refractivity contribution >= 4 is 21.4 Å². The molecule has 110 valence electrons. The van der Waals surface area contributed by atoms with Gasteiger partial charge in [0.2, 0.25) is 0 Å². The van der Waals surface area contributed by atoms with Gasteiger partial charge < -0.3 is 5.73 Å². The maximum absolute atomic E-state index is 13.2. The van der Waals surface area contributed by atoms with E-state index in [9.17, 15) is 4.39 Å². The van der Waals surface area contributed by atoms with Gasteiger partial charge in [0, 0.05) is 15.6 Å². The summed E-state index contributed by atoms with van der Waals surface area (Å²) >= 11 is 1.70. The minimum atomic E-state index is -0.176. The second-order valence-electron chi connectivity index (χ2n) is 5.59. The highest BCUT2D eigenvalue weighted by Gasteiger charge is 2.15. The van der Waals surface area contributed by atoms with E-state index in [1.54, 1.807) is 17.4 Å². The molecule has 0 saturated heterocycles. The first kappa shape index (κ1) is 15.5. The Labute approximate surface area is 125 Å². The van der Waals surface area contributed by atoms with Crippen molar-refractivity contribution in [3.63, 3.8) is 0 Å². The highest BCUT2D eigenvalue weighted by Crippen LogP contribution is 2.33. The van der Waals surface area contributed by atoms with Gasteiger partial charge in [0.05, 0.1) is 0 Å². The third kappa shape index (κ3) is 3.80. The molecule has 1 heterocycles. The third-order valence-electron chi connectivity index (χ3n) is 3.99. The lowest BCUT2D eigenvalue weighted by Gasteiger charge is -2.18. The van der Waals surface area contributed by atoms with Crippen molar-refractivity contribution in [1.82, 2.24) is 0 Å². The predicted octanol–water partition coefficient (Wildman–Crippen LogP) is 5.65. The lowest BCUT2D eigenvalue weighted by atomic mass is 9.92. The largest absolute Gasteiger partial charge is 0.323 e. The highest BCUT2D eigenvalue weighted by molar-refractivity contribution is 7.19. The molecule has 0 saturated carbocycles. The van der Waals surface area contributed by atoms with Crippen LogP contribution in [0.2, 0.25) is 0 Å². The van der Waals surface area contributed by atoms with Crippen molar-refractivity contribution in [2.24, 2.45) is 11.7 Å². The van der Waals surface area contributed by atoms with E-state index in [4.69, 9.17) is 5.73 Å². The summed E-state index contributed by atoms with van der Waals surface area (Å²) in [7, 11) is 0. The molecule has 0 fully saturated rings. The number of unbranched alkanes of at least 4 members (excludes halogenated alkanes) is 1. The van der Waals surface area contributed by atoms with Crippen molar-refractivity contribution in [3.8, 4) is 0 Å². The van der Waals surface area contributed by atoms with Gasteiger partial charge >= 0.3 is 0 Å². The normalized spacial score (nSPS) is 14.6. The van der Waals surface area contributed by atoms with E-state index in [1.807, 2.05) is 6.07 Å². The fourth-order valence-corrected chi connectivity index (χ4v) is 3.73. The van der Waals surface area contributed by atoms with Crippen LogP contribution in [-0.4, -0.2) is 0 Å². The van der Waals surface area contributed by atoms with E-state index in [0.29, 0.717) is 5.92 Å². The van der Waals surface area contributed by atoms with Crippen molar-refractivity contribution < 1.29 is 4.39 Å². The zero-order chi connectivity index (χ0) is 14.5. The maximum Gasteiger partial charge on any atom is 0.123 e. The zero-order valence-electron chi connectivity index (χ0n) is 12.4. The van der Waals surface area contributed by atoms with Gasteiger partial charge in [-0.25, -0.2) is 4.39 Å². The molecule has 3 heteroatoms. The number of hydrogen-bond acceptors (Lipinski definition) is 2. The summed E-state index contributed by atoms with van der Waals surface area (Å²) in [6.07, 6.45) is 6.01. The molecule has 1 aromatic carbocycles. The first-order valence-electron chi connectivity index (χ1n) is 7.58. The lowest BCUT2D eigenvalue weighted by molar-refractivity contribution is 0.390. The number of nitrogens with two attached hydrogens (primary N) is 1. The molecule has 0 aliphatic rings. The van der Waals surface area contributed by atoms with Crippen LogP contribution in [0.4, 0.5) is 4.39 Å². The molecule has 20 heavy (non-hydrogen) atoms. The molecule has 2 unspecified atom stereocenters. The summed E-state index contributed by atoms with van der Waals surface area (Å²) in [6.45, 7) is 4.47. The number of benzene rings is 1. The molecule has 2 rings (SSSR count). The van der Waals surface area contributed by atoms with Gasteiger partial charge in [0.25, 0.3) is 0 Å². The Hall–Kier alpha value is -0.930. The van der Waals surface area contributed by atoms with Crippen LogP contribution in [-0.2, 0) is 0 Å². The van der Waals surface area contributed by atoms with Crippen molar-refractivity contribution in [1.29, 1.82) is 0 Å². The van der Waals surface area contributed by atoms with Gasteiger partial charge in [-0.2, -0.15) is 0 Å². The second kappa shape index (κ2) is 7.19. The summed E-state index contributed by atoms with van der Waals surface area (Å²) in [5, 5.41) is 0.974. The van der Waals surface area contributed by atoms with Crippen LogP contribution in [0.3, 0.4) is 0 Å². The van der Waals surface area contributed by atoms with Gasteiger partial charge in [-0.1, -0.05) is 39.5 Å². The van der Waals surface area contributed by atoms with Gasteiger partial charge in [0.15, 0.2) is 0 Å². The smallest absolute Gasteiger partial charge is 0.123 e. The van der Waals surface area contributed by atoms with Gasteiger partial charge in [-0.05, 0) is 42.0 Å². The number of hydrogen-bond donors (Lipinski definition) is 1. The van der Waals surface area contributed by atoms with Crippen LogP contribution in [0, 0.1) is 11.7 Å². The van der Waals surface area contributed by atoms with Crippen LogP contribution < -0.4 is 5.73 Å². The van der Waals surface area contributed by atoms with Gasteiger partial charge in [-0.15, -0.1) is 11.3 Å². The van der Waals surface area contributed by atoms with Crippen molar-refractivity contribution in [2.45, 2.75) is 52.0 Å². The Morgan fingerprint density at radius 3 is 2.75 bits per heavy atom. The van der Waals surface area contributed by atoms with E-state index in [-0.39, 0.29) is 11.9 Å². The molecule has 2 aromatic rings. The van der Waals surface area contributed by atoms with E-state index >= 15 is 0 Å². The first-order valence-corrected chi connectivity index (χ1v) is 8.40. The predicted molar refractivity (Wildman–Crippen MR) is 86.6 cm³/mol. The number of fused-ring (bicyclic) bond motifs is 1. The van der Waals surface area contributed by atoms with E-state index in [1.165, 1.54) is 36.6 Å². The van der Waals surface area contributed by atoms with Crippen molar-refractivity contribution in [3.05, 3.63) is 35.0 Å². The Balaban J connectivity index is 2.08. The van der Waals surface area contributed by atoms with Crippen LogP contribution in [0.1, 0.15) is 56.9 Å². The number of thiophene rings is 1. The number of halogens is 1. The first-order chi connectivity index (χ1) is 9.63. The summed E-state index contributed by atoms with van der Waals surface area (Å²) in [5.74, 6) is 0.525. The minimum absolute atomic E-state index is 0.0808. The minimum Gasteiger partial charge on any atom is -0.323 e. The van der Waals surface area contributed by atoms with Crippen LogP contribution in [0.5, 0.6) is 0 Å². The van der Waals surface area contributed by atoms with Crippen LogP contribution in [0.15, 0.2) is 24.3 Å². The summed E-state index contributed by atoms with van der Waals surface area (Å²) in [5.41, 5.74) is 6.36. The SMILES string of the molecule is CCCCC(CC)CC(N)c1cc2cc(F)ccc2s1. The zero-order valence-corrected chi connectivity index (χ0v) is 13.2. The molecule has 0 aliphatic carbocycles. The Kier molecular flexibility index (Phi) is 5.55. The fraction of sp³-hybridized carbons (Fsp3) is 0.529. The second-order valence-corrected chi connectivity index (χ2v) is 6.70. The Morgan fingerprint density at radius 2 is 2.05 bits per heavy atom. The molecular weight excluding hydrogens is 269 g/mol. The molecule has 0 amide bonds. The maximum atomic E-state index is 13.2. The molecule has 0 aliphatic heterocycles. The van der Waals surface area contributed by atoms with Gasteiger partial charge in [0.1, 0.15) is 5.82 Å². The van der Waals surface area contributed by atoms with Crippen LogP contribution in [0.25, 0.3) is 10.1 Å². The van der Waals surface area contributed by atoms with E-state index in [2.05, 4.69) is 19.9 Å². The van der Waals surface area contributed by atoms with Gasteiger partial charge in [-0.3, -0.25) is 0 Å². The molecule has 0 spiro atoms. The summed E-state index contributed by atoms with van der Waals surface area (Å²) in [4.78, 5) is 1.18.